The highest BCUT2D eigenvalue weighted by Crippen LogP contribution is 2.08. The maximum absolute atomic E-state index is 5.73. The number of piperazine rings is 1. The van der Waals surface area contributed by atoms with Crippen LogP contribution in [0.2, 0.25) is 0 Å². The lowest BCUT2D eigenvalue weighted by Gasteiger charge is -2.37. The molecule has 1 N–H and O–H groups in total. The van der Waals surface area contributed by atoms with Gasteiger partial charge in [-0.2, -0.15) is 0 Å². The summed E-state index contributed by atoms with van der Waals surface area (Å²) in [5.74, 6) is 0. The third-order valence-corrected chi connectivity index (χ3v) is 3.91. The highest BCUT2D eigenvalue weighted by atomic mass is 16.5. The third-order valence-electron chi connectivity index (χ3n) is 3.91. The maximum Gasteiger partial charge on any atom is 0.0712 e. The smallest absolute Gasteiger partial charge is 0.0712 e. The molecule has 2 aliphatic rings. The van der Waals surface area contributed by atoms with Crippen molar-refractivity contribution in [3.63, 3.8) is 0 Å². The SMILES string of the molecule is CC(C)N1CCN(CCC2CNCCO2)CC1. The summed E-state index contributed by atoms with van der Waals surface area (Å²) >= 11 is 0. The van der Waals surface area contributed by atoms with Gasteiger partial charge in [-0.25, -0.2) is 0 Å². The number of ether oxygens (including phenoxy) is 1. The highest BCUT2D eigenvalue weighted by Gasteiger charge is 2.20. The van der Waals surface area contributed by atoms with Crippen molar-refractivity contribution in [3.05, 3.63) is 0 Å². The predicted molar refractivity (Wildman–Crippen MR) is 70.4 cm³/mol. The van der Waals surface area contributed by atoms with E-state index >= 15 is 0 Å². The lowest BCUT2D eigenvalue weighted by molar-refractivity contribution is 0.0127. The van der Waals surface area contributed by atoms with Crippen LogP contribution in [0.1, 0.15) is 20.3 Å². The summed E-state index contributed by atoms with van der Waals surface area (Å²) in [6.45, 7) is 13.6. The van der Waals surface area contributed by atoms with E-state index < -0.39 is 0 Å². The van der Waals surface area contributed by atoms with Crippen LogP contribution in [-0.2, 0) is 4.74 Å². The molecule has 0 amide bonds. The van der Waals surface area contributed by atoms with Gasteiger partial charge in [-0.1, -0.05) is 0 Å². The molecule has 1 unspecified atom stereocenters. The van der Waals surface area contributed by atoms with Crippen LogP contribution in [0.15, 0.2) is 0 Å². The van der Waals surface area contributed by atoms with Gasteiger partial charge in [-0.15, -0.1) is 0 Å². The number of nitrogens with zero attached hydrogens (tertiary/aromatic N) is 2. The zero-order valence-electron chi connectivity index (χ0n) is 11.3. The summed E-state index contributed by atoms with van der Waals surface area (Å²) in [7, 11) is 0. The molecule has 0 aliphatic carbocycles. The molecule has 0 aromatic rings. The molecule has 0 bridgehead atoms. The molecule has 2 aliphatic heterocycles. The molecule has 100 valence electrons. The topological polar surface area (TPSA) is 27.7 Å². The van der Waals surface area contributed by atoms with Crippen LogP contribution < -0.4 is 5.32 Å². The summed E-state index contributed by atoms with van der Waals surface area (Å²) in [6, 6.07) is 0.697. The van der Waals surface area contributed by atoms with E-state index in [2.05, 4.69) is 29.0 Å². The fourth-order valence-corrected chi connectivity index (χ4v) is 2.64. The lowest BCUT2D eigenvalue weighted by Crippen LogP contribution is -2.49. The number of rotatable bonds is 4. The van der Waals surface area contributed by atoms with Gasteiger partial charge in [0.05, 0.1) is 12.7 Å². The molecule has 1 atom stereocenters. The number of hydrogen-bond acceptors (Lipinski definition) is 4. The van der Waals surface area contributed by atoms with Gasteiger partial charge in [0.1, 0.15) is 0 Å². The Balaban J connectivity index is 1.61. The lowest BCUT2D eigenvalue weighted by atomic mass is 10.2. The Kier molecular flexibility index (Phi) is 5.22. The average molecular weight is 241 g/mol. The van der Waals surface area contributed by atoms with E-state index in [9.17, 15) is 0 Å². The molecule has 0 aromatic carbocycles. The van der Waals surface area contributed by atoms with E-state index in [1.807, 2.05) is 0 Å². The average Bonchev–Trinajstić information content (AvgIpc) is 2.38. The Morgan fingerprint density at radius 2 is 2.00 bits per heavy atom. The Morgan fingerprint density at radius 3 is 2.59 bits per heavy atom. The minimum Gasteiger partial charge on any atom is -0.376 e. The van der Waals surface area contributed by atoms with E-state index in [4.69, 9.17) is 4.74 Å². The van der Waals surface area contributed by atoms with Gasteiger partial charge in [0.25, 0.3) is 0 Å². The molecular weight excluding hydrogens is 214 g/mol. The van der Waals surface area contributed by atoms with Gasteiger partial charge in [-0.05, 0) is 20.3 Å². The fourth-order valence-electron chi connectivity index (χ4n) is 2.64. The van der Waals surface area contributed by atoms with Gasteiger partial charge < -0.3 is 15.0 Å². The Morgan fingerprint density at radius 1 is 1.24 bits per heavy atom. The molecular formula is C13H27N3O. The number of hydrogen-bond donors (Lipinski definition) is 1. The Bertz CT molecular complexity index is 209. The van der Waals surface area contributed by atoms with Crippen molar-refractivity contribution < 1.29 is 4.74 Å². The zero-order chi connectivity index (χ0) is 12.1. The second kappa shape index (κ2) is 6.69. The summed E-state index contributed by atoms with van der Waals surface area (Å²) in [5.41, 5.74) is 0. The standard InChI is InChI=1S/C13H27N3O/c1-12(2)16-8-6-15(7-9-16)5-3-13-11-14-4-10-17-13/h12-14H,3-11H2,1-2H3. The normalized spacial score (nSPS) is 28.8. The first kappa shape index (κ1) is 13.3. The van der Waals surface area contributed by atoms with Gasteiger partial charge in [0.2, 0.25) is 0 Å². The molecule has 17 heavy (non-hydrogen) atoms. The van der Waals surface area contributed by atoms with Crippen molar-refractivity contribution in [1.29, 1.82) is 0 Å². The quantitative estimate of drug-likeness (QED) is 0.771. The van der Waals surface area contributed by atoms with Gasteiger partial charge in [-0.3, -0.25) is 4.90 Å². The number of nitrogens with one attached hydrogen (secondary N) is 1. The molecule has 4 heteroatoms. The summed E-state index contributed by atoms with van der Waals surface area (Å²) in [4.78, 5) is 5.14. The monoisotopic (exact) mass is 241 g/mol. The fraction of sp³-hybridized carbons (Fsp3) is 1.00. The van der Waals surface area contributed by atoms with E-state index in [0.717, 1.165) is 19.7 Å². The van der Waals surface area contributed by atoms with Crippen molar-refractivity contribution in [2.45, 2.75) is 32.4 Å². The zero-order valence-corrected chi connectivity index (χ0v) is 11.3. The molecule has 2 rings (SSSR count). The largest absolute Gasteiger partial charge is 0.376 e. The third kappa shape index (κ3) is 4.21. The molecule has 0 saturated carbocycles. The van der Waals surface area contributed by atoms with E-state index in [1.165, 1.54) is 39.1 Å². The van der Waals surface area contributed by atoms with Crippen LogP contribution in [0.3, 0.4) is 0 Å². The summed E-state index contributed by atoms with van der Waals surface area (Å²) in [5, 5.41) is 3.39. The molecule has 0 spiro atoms. The molecule has 0 aromatic heterocycles. The highest BCUT2D eigenvalue weighted by molar-refractivity contribution is 4.76. The minimum absolute atomic E-state index is 0.437. The summed E-state index contributed by atoms with van der Waals surface area (Å²) < 4.78 is 5.73. The molecule has 0 radical (unpaired) electrons. The van der Waals surface area contributed by atoms with E-state index in [0.29, 0.717) is 12.1 Å². The van der Waals surface area contributed by atoms with Crippen LogP contribution in [0.4, 0.5) is 0 Å². The Hall–Kier alpha value is -0.160. The predicted octanol–water partition coefficient (Wildman–Crippen LogP) is 0.391. The van der Waals surface area contributed by atoms with Crippen molar-refractivity contribution >= 4 is 0 Å². The second-order valence-corrected chi connectivity index (χ2v) is 5.46. The second-order valence-electron chi connectivity index (χ2n) is 5.46. The molecule has 2 heterocycles. The van der Waals surface area contributed by atoms with Crippen LogP contribution in [0.5, 0.6) is 0 Å². The van der Waals surface area contributed by atoms with Crippen LogP contribution in [0, 0.1) is 0 Å². The minimum atomic E-state index is 0.437. The first-order chi connectivity index (χ1) is 8.25. The molecule has 4 nitrogen and oxygen atoms in total. The van der Waals surface area contributed by atoms with Gasteiger partial charge in [0, 0.05) is 51.9 Å². The number of morpholine rings is 1. The van der Waals surface area contributed by atoms with Crippen molar-refractivity contribution in [3.8, 4) is 0 Å². The maximum atomic E-state index is 5.73. The Labute approximate surface area is 105 Å². The van der Waals surface area contributed by atoms with E-state index in [-0.39, 0.29) is 0 Å². The summed E-state index contributed by atoms with van der Waals surface area (Å²) in [6.07, 6.45) is 1.61. The van der Waals surface area contributed by atoms with Crippen LogP contribution >= 0.6 is 0 Å². The van der Waals surface area contributed by atoms with Crippen molar-refractivity contribution in [2.24, 2.45) is 0 Å². The van der Waals surface area contributed by atoms with Crippen LogP contribution in [-0.4, -0.2) is 74.4 Å². The molecule has 2 saturated heterocycles. The van der Waals surface area contributed by atoms with Gasteiger partial charge >= 0.3 is 0 Å². The first-order valence-corrected chi connectivity index (χ1v) is 7.04. The van der Waals surface area contributed by atoms with Crippen molar-refractivity contribution in [1.82, 2.24) is 15.1 Å². The van der Waals surface area contributed by atoms with Crippen LogP contribution in [0.25, 0.3) is 0 Å². The van der Waals surface area contributed by atoms with Crippen molar-refractivity contribution in [2.75, 3.05) is 52.4 Å². The first-order valence-electron chi connectivity index (χ1n) is 7.04. The van der Waals surface area contributed by atoms with Gasteiger partial charge in [0.15, 0.2) is 0 Å². The van der Waals surface area contributed by atoms with E-state index in [1.54, 1.807) is 0 Å². The molecule has 2 fully saturated rings.